The highest BCUT2D eigenvalue weighted by Gasteiger charge is 2.18. The highest BCUT2D eigenvalue weighted by molar-refractivity contribution is 6.09. The molecular weight excluding hydrogens is 316 g/mol. The summed E-state index contributed by atoms with van der Waals surface area (Å²) in [7, 11) is 3.79. The van der Waals surface area contributed by atoms with E-state index in [0.29, 0.717) is 11.3 Å². The lowest BCUT2D eigenvalue weighted by Gasteiger charge is -2.17. The maximum atomic E-state index is 12.4. The van der Waals surface area contributed by atoms with E-state index in [4.69, 9.17) is 4.42 Å². The van der Waals surface area contributed by atoms with Crippen molar-refractivity contribution in [3.05, 3.63) is 83.8 Å². The van der Waals surface area contributed by atoms with E-state index in [1.807, 2.05) is 49.3 Å². The second-order valence-electron chi connectivity index (χ2n) is 5.72. The number of carbonyl (C=O) groups is 2. The average Bonchev–Trinajstić information content (AvgIpc) is 3.12. The molecule has 0 radical (unpaired) electrons. The van der Waals surface area contributed by atoms with Gasteiger partial charge in [0.1, 0.15) is 0 Å². The van der Waals surface area contributed by atoms with Crippen LogP contribution in [-0.4, -0.2) is 25.8 Å². The van der Waals surface area contributed by atoms with E-state index in [2.05, 4.69) is 5.32 Å². The number of benzene rings is 2. The van der Waals surface area contributed by atoms with Crippen LogP contribution < -0.4 is 10.2 Å². The van der Waals surface area contributed by atoms with Crippen molar-refractivity contribution in [2.24, 2.45) is 0 Å². The number of ketones is 1. The molecule has 5 nitrogen and oxygen atoms in total. The molecule has 3 rings (SSSR count). The van der Waals surface area contributed by atoms with Gasteiger partial charge < -0.3 is 14.6 Å². The van der Waals surface area contributed by atoms with Crippen molar-refractivity contribution in [3.63, 3.8) is 0 Å². The Hall–Kier alpha value is -3.34. The highest BCUT2D eigenvalue weighted by Crippen LogP contribution is 2.24. The van der Waals surface area contributed by atoms with E-state index < -0.39 is 5.91 Å². The Morgan fingerprint density at radius 3 is 2.20 bits per heavy atom. The van der Waals surface area contributed by atoms with E-state index >= 15 is 0 Å². The molecule has 2 aromatic carbocycles. The maximum Gasteiger partial charge on any atom is 0.291 e. The number of nitrogens with one attached hydrogen (secondary N) is 1. The molecule has 0 aliphatic rings. The predicted octanol–water partition coefficient (Wildman–Crippen LogP) is 3.83. The Labute approximate surface area is 145 Å². The first-order valence-corrected chi connectivity index (χ1v) is 7.83. The molecule has 1 amide bonds. The number of furan rings is 1. The topological polar surface area (TPSA) is 62.6 Å². The molecule has 5 heteroatoms. The number of rotatable bonds is 5. The number of hydrogen-bond donors (Lipinski definition) is 1. The van der Waals surface area contributed by atoms with Crippen molar-refractivity contribution < 1.29 is 14.0 Å². The molecule has 0 saturated carbocycles. The minimum atomic E-state index is -0.401. The molecule has 126 valence electrons. The minimum absolute atomic E-state index is 0.0906. The van der Waals surface area contributed by atoms with Crippen molar-refractivity contribution in [3.8, 4) is 0 Å². The third-order valence-electron chi connectivity index (χ3n) is 3.72. The van der Waals surface area contributed by atoms with Crippen LogP contribution in [0.5, 0.6) is 0 Å². The molecule has 0 spiro atoms. The first-order valence-electron chi connectivity index (χ1n) is 7.83. The third-order valence-corrected chi connectivity index (χ3v) is 3.72. The predicted molar refractivity (Wildman–Crippen MR) is 97.3 cm³/mol. The summed E-state index contributed by atoms with van der Waals surface area (Å²) in [6.07, 6.45) is 0. The van der Waals surface area contributed by atoms with Gasteiger partial charge in [-0.25, -0.2) is 0 Å². The van der Waals surface area contributed by atoms with Gasteiger partial charge >= 0.3 is 0 Å². The Morgan fingerprint density at radius 2 is 1.48 bits per heavy atom. The fourth-order valence-electron chi connectivity index (χ4n) is 2.47. The lowest BCUT2D eigenvalue weighted by molar-refractivity contribution is 0.0979. The molecule has 0 aliphatic heterocycles. The van der Waals surface area contributed by atoms with Gasteiger partial charge in [0.25, 0.3) is 5.91 Å². The van der Waals surface area contributed by atoms with Crippen LogP contribution in [0.15, 0.2) is 71.1 Å². The Bertz CT molecular complexity index is 898. The van der Waals surface area contributed by atoms with Gasteiger partial charge in [0.2, 0.25) is 5.78 Å². The molecule has 0 atom stereocenters. The lowest BCUT2D eigenvalue weighted by Crippen LogP contribution is -2.16. The van der Waals surface area contributed by atoms with Crippen LogP contribution >= 0.6 is 0 Å². The summed E-state index contributed by atoms with van der Waals surface area (Å²) in [6, 6.07) is 19.3. The van der Waals surface area contributed by atoms with Crippen LogP contribution in [0.2, 0.25) is 0 Å². The summed E-state index contributed by atoms with van der Waals surface area (Å²) in [6.45, 7) is 0. The summed E-state index contributed by atoms with van der Waals surface area (Å²) in [5.41, 5.74) is 2.06. The summed E-state index contributed by atoms with van der Waals surface area (Å²) in [5, 5.41) is 2.81. The standard InChI is InChI=1S/C20H18N2O3/c1-22(2)16-11-7-6-10-15(16)21-20(24)18-13-12-17(25-18)19(23)14-8-4-3-5-9-14/h3-13H,1-2H3,(H,21,24). The number of para-hydroxylation sites is 2. The minimum Gasteiger partial charge on any atom is -0.447 e. The second kappa shape index (κ2) is 7.05. The molecule has 1 aromatic heterocycles. The van der Waals surface area contributed by atoms with E-state index in [9.17, 15) is 9.59 Å². The lowest BCUT2D eigenvalue weighted by atomic mass is 10.1. The van der Waals surface area contributed by atoms with Gasteiger partial charge in [-0.3, -0.25) is 9.59 Å². The molecule has 0 unspecified atom stereocenters. The average molecular weight is 334 g/mol. The molecule has 3 aromatic rings. The molecule has 1 N–H and O–H groups in total. The Balaban J connectivity index is 1.79. The van der Waals surface area contributed by atoms with Crippen molar-refractivity contribution in [1.82, 2.24) is 0 Å². The zero-order chi connectivity index (χ0) is 17.8. The van der Waals surface area contributed by atoms with Crippen LogP contribution in [0, 0.1) is 0 Å². The number of nitrogens with zero attached hydrogens (tertiary/aromatic N) is 1. The highest BCUT2D eigenvalue weighted by atomic mass is 16.4. The van der Waals surface area contributed by atoms with Gasteiger partial charge in [-0.2, -0.15) is 0 Å². The van der Waals surface area contributed by atoms with Crippen LogP contribution in [0.1, 0.15) is 26.7 Å². The summed E-state index contributed by atoms with van der Waals surface area (Å²) in [5.74, 6) is -0.431. The number of amides is 1. The van der Waals surface area contributed by atoms with Gasteiger partial charge in [0.15, 0.2) is 11.5 Å². The van der Waals surface area contributed by atoms with Crippen molar-refractivity contribution >= 4 is 23.1 Å². The van der Waals surface area contributed by atoms with Gasteiger partial charge in [0, 0.05) is 19.7 Å². The monoisotopic (exact) mass is 334 g/mol. The van der Waals surface area contributed by atoms with Crippen molar-refractivity contribution in [1.29, 1.82) is 0 Å². The van der Waals surface area contributed by atoms with Gasteiger partial charge in [-0.15, -0.1) is 0 Å². The summed E-state index contributed by atoms with van der Waals surface area (Å²) in [4.78, 5) is 26.7. The first-order chi connectivity index (χ1) is 12.1. The Morgan fingerprint density at radius 1 is 0.840 bits per heavy atom. The summed E-state index contributed by atoms with van der Waals surface area (Å²) < 4.78 is 5.46. The molecule has 1 heterocycles. The van der Waals surface area contributed by atoms with Crippen molar-refractivity contribution in [2.75, 3.05) is 24.3 Å². The van der Waals surface area contributed by atoms with E-state index in [1.54, 1.807) is 24.3 Å². The largest absolute Gasteiger partial charge is 0.447 e. The molecule has 0 fully saturated rings. The second-order valence-corrected chi connectivity index (χ2v) is 5.72. The zero-order valence-corrected chi connectivity index (χ0v) is 14.0. The fourth-order valence-corrected chi connectivity index (χ4v) is 2.47. The van der Waals surface area contributed by atoms with Crippen LogP contribution in [0.25, 0.3) is 0 Å². The number of hydrogen-bond acceptors (Lipinski definition) is 4. The smallest absolute Gasteiger partial charge is 0.291 e. The summed E-state index contributed by atoms with van der Waals surface area (Å²) >= 11 is 0. The van der Waals surface area contributed by atoms with Crippen LogP contribution in [0.4, 0.5) is 11.4 Å². The van der Waals surface area contributed by atoms with E-state index in [1.165, 1.54) is 12.1 Å². The molecular formula is C20H18N2O3. The van der Waals surface area contributed by atoms with Crippen LogP contribution in [0.3, 0.4) is 0 Å². The number of anilines is 2. The van der Waals surface area contributed by atoms with Gasteiger partial charge in [0.05, 0.1) is 11.4 Å². The number of carbonyl (C=O) groups excluding carboxylic acids is 2. The first kappa shape index (κ1) is 16.5. The van der Waals surface area contributed by atoms with Crippen molar-refractivity contribution in [2.45, 2.75) is 0 Å². The molecule has 0 bridgehead atoms. The third kappa shape index (κ3) is 3.61. The van der Waals surface area contributed by atoms with Gasteiger partial charge in [-0.05, 0) is 24.3 Å². The molecule has 0 aliphatic carbocycles. The normalized spacial score (nSPS) is 10.3. The SMILES string of the molecule is CN(C)c1ccccc1NC(=O)c1ccc(C(=O)c2ccccc2)o1. The zero-order valence-electron chi connectivity index (χ0n) is 14.0. The molecule has 25 heavy (non-hydrogen) atoms. The maximum absolute atomic E-state index is 12.4. The van der Waals surface area contributed by atoms with E-state index in [-0.39, 0.29) is 17.3 Å². The van der Waals surface area contributed by atoms with Gasteiger partial charge in [-0.1, -0.05) is 42.5 Å². The molecule has 0 saturated heterocycles. The van der Waals surface area contributed by atoms with E-state index in [0.717, 1.165) is 5.69 Å². The van der Waals surface area contributed by atoms with Crippen LogP contribution in [-0.2, 0) is 0 Å². The Kier molecular flexibility index (Phi) is 4.66. The quantitative estimate of drug-likeness (QED) is 0.720. The fraction of sp³-hybridized carbons (Fsp3) is 0.100.